The first-order valence-electron chi connectivity index (χ1n) is 6.01. The zero-order chi connectivity index (χ0) is 14.7. The van der Waals surface area contributed by atoms with Gasteiger partial charge in [0.1, 0.15) is 11.4 Å². The molecular weight excluding hydrogens is 258 g/mol. The Labute approximate surface area is 115 Å². The Morgan fingerprint density at radius 2 is 1.80 bits per heavy atom. The first-order chi connectivity index (χ1) is 9.49. The molecule has 5 nitrogen and oxygen atoms in total. The molecule has 0 radical (unpaired) electrons. The molecule has 5 heteroatoms. The molecule has 0 aliphatic heterocycles. The smallest absolute Gasteiger partial charge is 0.359 e. The maximum absolute atomic E-state index is 12.3. The van der Waals surface area contributed by atoms with E-state index in [-0.39, 0.29) is 22.8 Å². The van der Waals surface area contributed by atoms with E-state index in [1.165, 1.54) is 19.9 Å². The predicted octanol–water partition coefficient (Wildman–Crippen LogP) is 2.14. The number of benzene rings is 1. The van der Waals surface area contributed by atoms with Gasteiger partial charge < -0.3 is 9.73 Å². The van der Waals surface area contributed by atoms with Crippen LogP contribution in [0.3, 0.4) is 0 Å². The number of carbonyl (C=O) groups is 2. The van der Waals surface area contributed by atoms with Crippen molar-refractivity contribution in [2.45, 2.75) is 13.8 Å². The molecule has 0 spiro atoms. The van der Waals surface area contributed by atoms with Gasteiger partial charge >= 0.3 is 5.63 Å². The number of anilines is 1. The Balaban J connectivity index is 2.49. The fourth-order valence-electron chi connectivity index (χ4n) is 1.80. The van der Waals surface area contributed by atoms with Gasteiger partial charge in [0, 0.05) is 12.5 Å². The van der Waals surface area contributed by atoms with Gasteiger partial charge in [0.25, 0.3) is 0 Å². The van der Waals surface area contributed by atoms with E-state index < -0.39 is 11.5 Å². The lowest BCUT2D eigenvalue weighted by molar-refractivity contribution is -0.114. The Bertz CT molecular complexity index is 716. The number of hydrogen-bond acceptors (Lipinski definition) is 4. The largest absolute Gasteiger partial charge is 0.426 e. The van der Waals surface area contributed by atoms with E-state index in [0.717, 1.165) is 0 Å². The molecule has 1 aromatic carbocycles. The van der Waals surface area contributed by atoms with Gasteiger partial charge in [0.2, 0.25) is 5.91 Å². The lowest BCUT2D eigenvalue weighted by atomic mass is 10.0. The van der Waals surface area contributed by atoms with Gasteiger partial charge in [-0.3, -0.25) is 9.59 Å². The van der Waals surface area contributed by atoms with Crippen molar-refractivity contribution in [2.24, 2.45) is 0 Å². The van der Waals surface area contributed by atoms with Gasteiger partial charge in [0.05, 0.1) is 5.56 Å². The van der Waals surface area contributed by atoms with Gasteiger partial charge in [-0.1, -0.05) is 30.3 Å². The second kappa shape index (κ2) is 5.52. The predicted molar refractivity (Wildman–Crippen MR) is 73.9 cm³/mol. The van der Waals surface area contributed by atoms with E-state index in [1.807, 2.05) is 0 Å². The average Bonchev–Trinajstić information content (AvgIpc) is 2.41. The summed E-state index contributed by atoms with van der Waals surface area (Å²) in [6.45, 7) is 2.81. The van der Waals surface area contributed by atoms with E-state index in [0.29, 0.717) is 5.56 Å². The van der Waals surface area contributed by atoms with Gasteiger partial charge in [-0.05, 0) is 13.0 Å². The van der Waals surface area contributed by atoms with Gasteiger partial charge in [-0.25, -0.2) is 4.79 Å². The minimum Gasteiger partial charge on any atom is -0.426 e. The molecule has 0 aliphatic carbocycles. The SMILES string of the molecule is CC(=O)Nc1cc(C(=O)c2ccccc2)c(C)oc1=O. The number of amides is 1. The van der Waals surface area contributed by atoms with Crippen LogP contribution in [0.5, 0.6) is 0 Å². The Morgan fingerprint density at radius 1 is 1.15 bits per heavy atom. The Hall–Kier alpha value is -2.69. The molecule has 0 unspecified atom stereocenters. The molecule has 102 valence electrons. The van der Waals surface area contributed by atoms with Crippen molar-refractivity contribution >= 4 is 17.4 Å². The molecule has 0 saturated heterocycles. The highest BCUT2D eigenvalue weighted by Gasteiger charge is 2.16. The molecule has 0 atom stereocenters. The summed E-state index contributed by atoms with van der Waals surface area (Å²) in [5.41, 5.74) is 0.0162. The lowest BCUT2D eigenvalue weighted by Gasteiger charge is -2.07. The van der Waals surface area contributed by atoms with Crippen molar-refractivity contribution in [2.75, 3.05) is 5.32 Å². The van der Waals surface area contributed by atoms with Crippen molar-refractivity contribution in [3.8, 4) is 0 Å². The summed E-state index contributed by atoms with van der Waals surface area (Å²) < 4.78 is 4.99. The van der Waals surface area contributed by atoms with Crippen LogP contribution in [0.1, 0.15) is 28.6 Å². The Kier molecular flexibility index (Phi) is 3.79. The lowest BCUT2D eigenvalue weighted by Crippen LogP contribution is -2.17. The van der Waals surface area contributed by atoms with E-state index >= 15 is 0 Å². The van der Waals surface area contributed by atoms with Gasteiger partial charge in [-0.15, -0.1) is 0 Å². The molecule has 20 heavy (non-hydrogen) atoms. The minimum absolute atomic E-state index is 0.0395. The third-order valence-corrected chi connectivity index (χ3v) is 2.72. The highest BCUT2D eigenvalue weighted by Crippen LogP contribution is 2.16. The summed E-state index contributed by atoms with van der Waals surface area (Å²) in [5.74, 6) is -0.448. The molecule has 0 saturated carbocycles. The fourth-order valence-corrected chi connectivity index (χ4v) is 1.80. The summed E-state index contributed by atoms with van der Waals surface area (Å²) in [6, 6.07) is 9.98. The summed E-state index contributed by atoms with van der Waals surface area (Å²) in [4.78, 5) is 35.0. The third-order valence-electron chi connectivity index (χ3n) is 2.72. The number of aryl methyl sites for hydroxylation is 1. The minimum atomic E-state index is -0.678. The van der Waals surface area contributed by atoms with Crippen molar-refractivity contribution in [1.29, 1.82) is 0 Å². The van der Waals surface area contributed by atoms with E-state index in [4.69, 9.17) is 4.42 Å². The summed E-state index contributed by atoms with van der Waals surface area (Å²) in [7, 11) is 0. The van der Waals surface area contributed by atoms with E-state index in [1.54, 1.807) is 30.3 Å². The zero-order valence-electron chi connectivity index (χ0n) is 11.1. The number of carbonyl (C=O) groups excluding carboxylic acids is 2. The first kappa shape index (κ1) is 13.7. The molecule has 1 N–H and O–H groups in total. The monoisotopic (exact) mass is 271 g/mol. The van der Waals surface area contributed by atoms with Crippen LogP contribution in [0.2, 0.25) is 0 Å². The maximum Gasteiger partial charge on any atom is 0.359 e. The third kappa shape index (κ3) is 2.83. The van der Waals surface area contributed by atoms with Crippen LogP contribution in [0.25, 0.3) is 0 Å². The van der Waals surface area contributed by atoms with Gasteiger partial charge in [-0.2, -0.15) is 0 Å². The fraction of sp³-hybridized carbons (Fsp3) is 0.133. The van der Waals surface area contributed by atoms with Crippen molar-refractivity contribution < 1.29 is 14.0 Å². The first-order valence-corrected chi connectivity index (χ1v) is 6.01. The molecule has 2 aromatic rings. The molecule has 1 aromatic heterocycles. The molecule has 1 heterocycles. The number of hydrogen-bond donors (Lipinski definition) is 1. The normalized spacial score (nSPS) is 10.1. The molecular formula is C15H13NO4. The topological polar surface area (TPSA) is 76.4 Å². The molecule has 0 fully saturated rings. The molecule has 0 bridgehead atoms. The number of rotatable bonds is 3. The summed E-state index contributed by atoms with van der Waals surface area (Å²) in [6.07, 6.45) is 0. The highest BCUT2D eigenvalue weighted by atomic mass is 16.4. The molecule has 0 aliphatic rings. The quantitative estimate of drug-likeness (QED) is 0.868. The van der Waals surface area contributed by atoms with Crippen LogP contribution >= 0.6 is 0 Å². The number of ketones is 1. The van der Waals surface area contributed by atoms with Crippen molar-refractivity contribution in [3.63, 3.8) is 0 Å². The van der Waals surface area contributed by atoms with Crippen LogP contribution in [-0.2, 0) is 4.79 Å². The highest BCUT2D eigenvalue weighted by molar-refractivity contribution is 6.10. The average molecular weight is 271 g/mol. The van der Waals surface area contributed by atoms with E-state index in [9.17, 15) is 14.4 Å². The van der Waals surface area contributed by atoms with Crippen molar-refractivity contribution in [1.82, 2.24) is 0 Å². The van der Waals surface area contributed by atoms with Crippen LogP contribution in [0.4, 0.5) is 5.69 Å². The second-order valence-electron chi connectivity index (χ2n) is 4.29. The standard InChI is InChI=1S/C15H13NO4/c1-9-12(14(18)11-6-4-3-5-7-11)8-13(15(19)20-9)16-10(2)17/h3-8H,1-2H3,(H,16,17). The van der Waals surface area contributed by atoms with E-state index in [2.05, 4.69) is 5.32 Å². The number of nitrogens with one attached hydrogen (secondary N) is 1. The molecule has 1 amide bonds. The van der Waals surface area contributed by atoms with Crippen molar-refractivity contribution in [3.05, 3.63) is 63.7 Å². The summed E-state index contributed by atoms with van der Waals surface area (Å²) in [5, 5.41) is 2.35. The maximum atomic E-state index is 12.3. The molecule has 2 rings (SSSR count). The second-order valence-corrected chi connectivity index (χ2v) is 4.29. The Morgan fingerprint density at radius 3 is 2.40 bits per heavy atom. The zero-order valence-corrected chi connectivity index (χ0v) is 11.1. The van der Waals surface area contributed by atoms with Crippen LogP contribution in [0.15, 0.2) is 45.6 Å². The van der Waals surface area contributed by atoms with Crippen LogP contribution in [-0.4, -0.2) is 11.7 Å². The van der Waals surface area contributed by atoms with Gasteiger partial charge in [0.15, 0.2) is 5.78 Å². The van der Waals surface area contributed by atoms with Crippen LogP contribution in [0, 0.1) is 6.92 Å². The summed E-state index contributed by atoms with van der Waals surface area (Å²) >= 11 is 0. The van der Waals surface area contributed by atoms with Crippen LogP contribution < -0.4 is 10.9 Å².